The lowest BCUT2D eigenvalue weighted by Gasteiger charge is -2.04. The summed E-state index contributed by atoms with van der Waals surface area (Å²) >= 11 is 1.74. The molecule has 3 nitrogen and oxygen atoms in total. The van der Waals surface area contributed by atoms with Crippen LogP contribution in [0.1, 0.15) is 16.7 Å². The molecule has 0 fully saturated rings. The van der Waals surface area contributed by atoms with Crippen molar-refractivity contribution in [3.63, 3.8) is 0 Å². The van der Waals surface area contributed by atoms with Gasteiger partial charge in [-0.05, 0) is 49.7 Å². The Bertz CT molecular complexity index is 997. The SMILES string of the molecule is Cc1cc(C)cc(-c2nnnc3c2sc2cccc(C)c23)c1. The van der Waals surface area contributed by atoms with E-state index in [4.69, 9.17) is 0 Å². The van der Waals surface area contributed by atoms with Crippen LogP contribution in [0.4, 0.5) is 0 Å². The Morgan fingerprint density at radius 3 is 2.45 bits per heavy atom. The number of hydrogen-bond acceptors (Lipinski definition) is 4. The Labute approximate surface area is 132 Å². The standard InChI is InChI=1S/C18H15N3S/c1-10-7-11(2)9-13(8-10)16-18-17(20-21-19-16)15-12(3)5-4-6-14(15)22-18/h4-9H,1-3H3. The number of fused-ring (bicyclic) bond motifs is 3. The zero-order valence-corrected chi connectivity index (χ0v) is 13.5. The Morgan fingerprint density at radius 1 is 0.909 bits per heavy atom. The quantitative estimate of drug-likeness (QED) is 0.505. The largest absolute Gasteiger partial charge is 0.131 e. The van der Waals surface area contributed by atoms with E-state index in [1.807, 2.05) is 0 Å². The third kappa shape index (κ3) is 1.99. The van der Waals surface area contributed by atoms with E-state index < -0.39 is 0 Å². The van der Waals surface area contributed by atoms with Gasteiger partial charge in [-0.15, -0.1) is 21.5 Å². The van der Waals surface area contributed by atoms with Crippen molar-refractivity contribution in [3.8, 4) is 11.3 Å². The molecule has 2 heterocycles. The molecule has 108 valence electrons. The smallest absolute Gasteiger partial charge is 0.116 e. The zero-order valence-electron chi connectivity index (χ0n) is 12.7. The summed E-state index contributed by atoms with van der Waals surface area (Å²) in [4.78, 5) is 0. The maximum Gasteiger partial charge on any atom is 0.116 e. The summed E-state index contributed by atoms with van der Waals surface area (Å²) < 4.78 is 2.35. The summed E-state index contributed by atoms with van der Waals surface area (Å²) in [6.07, 6.45) is 0. The van der Waals surface area contributed by atoms with Gasteiger partial charge in [-0.1, -0.05) is 29.3 Å². The highest BCUT2D eigenvalue weighted by Crippen LogP contribution is 2.38. The highest BCUT2D eigenvalue weighted by molar-refractivity contribution is 7.26. The van der Waals surface area contributed by atoms with Gasteiger partial charge >= 0.3 is 0 Å². The Kier molecular flexibility index (Phi) is 2.94. The fourth-order valence-corrected chi connectivity index (χ4v) is 4.24. The molecule has 0 saturated carbocycles. The van der Waals surface area contributed by atoms with Crippen LogP contribution in [-0.4, -0.2) is 15.4 Å². The molecule has 0 bridgehead atoms. The lowest BCUT2D eigenvalue weighted by atomic mass is 10.0. The van der Waals surface area contributed by atoms with Crippen LogP contribution in [0.3, 0.4) is 0 Å². The normalized spacial score (nSPS) is 11.4. The highest BCUT2D eigenvalue weighted by Gasteiger charge is 2.15. The Hall–Kier alpha value is -2.33. The van der Waals surface area contributed by atoms with E-state index >= 15 is 0 Å². The second kappa shape index (κ2) is 4.85. The first-order valence-electron chi connectivity index (χ1n) is 7.23. The van der Waals surface area contributed by atoms with Crippen LogP contribution in [0, 0.1) is 20.8 Å². The predicted octanol–water partition coefficient (Wildman–Crippen LogP) is 4.83. The van der Waals surface area contributed by atoms with Crippen molar-refractivity contribution in [2.45, 2.75) is 20.8 Å². The van der Waals surface area contributed by atoms with Crippen molar-refractivity contribution in [1.82, 2.24) is 15.4 Å². The predicted molar refractivity (Wildman–Crippen MR) is 92.4 cm³/mol. The number of rotatable bonds is 1. The molecule has 0 aliphatic rings. The maximum absolute atomic E-state index is 4.33. The third-order valence-corrected chi connectivity index (χ3v) is 5.05. The number of aromatic nitrogens is 3. The van der Waals surface area contributed by atoms with Gasteiger partial charge in [-0.2, -0.15) is 0 Å². The summed E-state index contributed by atoms with van der Waals surface area (Å²) in [5.41, 5.74) is 6.70. The lowest BCUT2D eigenvalue weighted by molar-refractivity contribution is 0.904. The maximum atomic E-state index is 4.33. The summed E-state index contributed by atoms with van der Waals surface area (Å²) in [6, 6.07) is 12.8. The monoisotopic (exact) mass is 305 g/mol. The van der Waals surface area contributed by atoms with Crippen LogP contribution in [-0.2, 0) is 0 Å². The van der Waals surface area contributed by atoms with Gasteiger partial charge in [0.15, 0.2) is 0 Å². The number of hydrogen-bond donors (Lipinski definition) is 0. The number of benzene rings is 2. The molecule has 4 rings (SSSR count). The van der Waals surface area contributed by atoms with Crippen molar-refractivity contribution >= 4 is 31.6 Å². The van der Waals surface area contributed by atoms with Crippen molar-refractivity contribution in [1.29, 1.82) is 0 Å². The average Bonchev–Trinajstić information content (AvgIpc) is 2.85. The van der Waals surface area contributed by atoms with Gasteiger partial charge in [-0.3, -0.25) is 0 Å². The van der Waals surface area contributed by atoms with Crippen molar-refractivity contribution in [2.75, 3.05) is 0 Å². The summed E-state index contributed by atoms with van der Waals surface area (Å²) in [5, 5.41) is 13.9. The molecule has 22 heavy (non-hydrogen) atoms. The van der Waals surface area contributed by atoms with Crippen LogP contribution >= 0.6 is 11.3 Å². The number of nitrogens with zero attached hydrogens (tertiary/aromatic N) is 3. The van der Waals surface area contributed by atoms with E-state index in [9.17, 15) is 0 Å². The number of thiophene rings is 1. The van der Waals surface area contributed by atoms with Gasteiger partial charge in [0.25, 0.3) is 0 Å². The Morgan fingerprint density at radius 2 is 1.68 bits per heavy atom. The molecule has 0 spiro atoms. The van der Waals surface area contributed by atoms with Gasteiger partial charge in [0.1, 0.15) is 11.2 Å². The molecule has 0 saturated heterocycles. The molecule has 0 atom stereocenters. The summed E-state index contributed by atoms with van der Waals surface area (Å²) in [6.45, 7) is 6.34. The van der Waals surface area contributed by atoms with Crippen LogP contribution in [0.2, 0.25) is 0 Å². The molecule has 0 N–H and O–H groups in total. The van der Waals surface area contributed by atoms with Crippen LogP contribution < -0.4 is 0 Å². The first kappa shape index (κ1) is 13.3. The van der Waals surface area contributed by atoms with Crippen molar-refractivity contribution in [2.24, 2.45) is 0 Å². The van der Waals surface area contributed by atoms with E-state index in [0.717, 1.165) is 21.5 Å². The minimum atomic E-state index is 0.928. The van der Waals surface area contributed by atoms with Gasteiger partial charge in [0.05, 0.1) is 4.70 Å². The molecule has 2 aromatic carbocycles. The van der Waals surface area contributed by atoms with Gasteiger partial charge in [0, 0.05) is 15.6 Å². The summed E-state index contributed by atoms with van der Waals surface area (Å²) in [7, 11) is 0. The molecule has 4 aromatic rings. The first-order valence-corrected chi connectivity index (χ1v) is 8.05. The van der Waals surface area contributed by atoms with E-state index in [1.54, 1.807) is 11.3 Å². The van der Waals surface area contributed by atoms with Crippen LogP contribution in [0.15, 0.2) is 36.4 Å². The van der Waals surface area contributed by atoms with Crippen molar-refractivity contribution in [3.05, 3.63) is 53.1 Å². The minimum Gasteiger partial charge on any atom is -0.131 e. The summed E-state index contributed by atoms with van der Waals surface area (Å²) in [5.74, 6) is 0. The molecular formula is C18H15N3S. The van der Waals surface area contributed by atoms with Gasteiger partial charge in [0.2, 0.25) is 0 Å². The second-order valence-corrected chi connectivity index (χ2v) is 6.79. The lowest BCUT2D eigenvalue weighted by Crippen LogP contribution is -1.92. The molecule has 0 aliphatic heterocycles. The van der Waals surface area contributed by atoms with Crippen LogP contribution in [0.5, 0.6) is 0 Å². The van der Waals surface area contributed by atoms with Crippen LogP contribution in [0.25, 0.3) is 31.6 Å². The fourth-order valence-electron chi connectivity index (χ4n) is 3.01. The molecule has 0 amide bonds. The van der Waals surface area contributed by atoms with Crippen molar-refractivity contribution < 1.29 is 0 Å². The molecule has 0 radical (unpaired) electrons. The topological polar surface area (TPSA) is 38.7 Å². The molecule has 0 unspecified atom stereocenters. The molecule has 2 aromatic heterocycles. The van der Waals surface area contributed by atoms with E-state index in [0.29, 0.717) is 0 Å². The van der Waals surface area contributed by atoms with Gasteiger partial charge in [-0.25, -0.2) is 0 Å². The fraction of sp³-hybridized carbons (Fsp3) is 0.167. The van der Waals surface area contributed by atoms with E-state index in [-0.39, 0.29) is 0 Å². The van der Waals surface area contributed by atoms with E-state index in [2.05, 4.69) is 72.6 Å². The zero-order chi connectivity index (χ0) is 15.3. The highest BCUT2D eigenvalue weighted by atomic mass is 32.1. The molecular weight excluding hydrogens is 290 g/mol. The second-order valence-electron chi connectivity index (χ2n) is 5.74. The average molecular weight is 305 g/mol. The third-order valence-electron chi connectivity index (χ3n) is 3.90. The molecule has 4 heteroatoms. The van der Waals surface area contributed by atoms with Gasteiger partial charge < -0.3 is 0 Å². The Balaban J connectivity index is 2.11. The first-order chi connectivity index (χ1) is 10.6. The van der Waals surface area contributed by atoms with E-state index in [1.165, 1.54) is 26.8 Å². The molecule has 0 aliphatic carbocycles. The minimum absolute atomic E-state index is 0.928. The number of aryl methyl sites for hydroxylation is 3.